The fourth-order valence-electron chi connectivity index (χ4n) is 5.55. The summed E-state index contributed by atoms with van der Waals surface area (Å²) in [6.45, 7) is 22.9. The van der Waals surface area contributed by atoms with Gasteiger partial charge in [-0.1, -0.05) is 60.6 Å². The molecule has 0 saturated carbocycles. The molecule has 0 aromatic rings. The lowest BCUT2D eigenvalue weighted by molar-refractivity contribution is -0.153. The largest absolute Gasteiger partial charge is 0.465 e. The molecule has 1 aliphatic rings. The molecule has 0 bridgehead atoms. The molecule has 0 saturated heterocycles. The SMILES string of the molecule is CC(C)[Si](OCCC[C@H]1O[C@H](CCC[C@@H](O)CCOC(=O)C(C)(C)C)C=C[C@@H]1C)(C(C)C)C(C)C. The van der Waals surface area contributed by atoms with E-state index in [1.807, 2.05) is 20.8 Å². The van der Waals surface area contributed by atoms with Crippen molar-refractivity contribution >= 4 is 14.3 Å². The van der Waals surface area contributed by atoms with Crippen molar-refractivity contribution in [2.24, 2.45) is 11.3 Å². The van der Waals surface area contributed by atoms with Gasteiger partial charge >= 0.3 is 5.97 Å². The predicted molar refractivity (Wildman–Crippen MR) is 148 cm³/mol. The summed E-state index contributed by atoms with van der Waals surface area (Å²) in [4.78, 5) is 11.8. The van der Waals surface area contributed by atoms with E-state index in [0.717, 1.165) is 32.3 Å². The molecule has 5 nitrogen and oxygen atoms in total. The third-order valence-electron chi connectivity index (χ3n) is 7.58. The van der Waals surface area contributed by atoms with Crippen molar-refractivity contribution in [1.82, 2.24) is 0 Å². The van der Waals surface area contributed by atoms with Crippen LogP contribution in [0.1, 0.15) is 108 Å². The summed E-state index contributed by atoms with van der Waals surface area (Å²) in [6, 6.07) is 0. The van der Waals surface area contributed by atoms with Gasteiger partial charge in [0.05, 0.1) is 30.3 Å². The van der Waals surface area contributed by atoms with Gasteiger partial charge in [-0.3, -0.25) is 4.79 Å². The van der Waals surface area contributed by atoms with Crippen LogP contribution in [0.2, 0.25) is 16.6 Å². The zero-order chi connectivity index (χ0) is 26.8. The summed E-state index contributed by atoms with van der Waals surface area (Å²) >= 11 is 0. The molecule has 0 fully saturated rings. The quantitative estimate of drug-likeness (QED) is 0.107. The van der Waals surface area contributed by atoms with Crippen LogP contribution in [0.4, 0.5) is 0 Å². The maximum atomic E-state index is 11.8. The first-order chi connectivity index (χ1) is 16.2. The number of aliphatic hydroxyl groups excluding tert-OH is 1. The molecule has 0 spiro atoms. The molecule has 0 unspecified atom stereocenters. The number of esters is 1. The highest BCUT2D eigenvalue weighted by atomic mass is 28.4. The average Bonchev–Trinajstić information content (AvgIpc) is 2.74. The number of carbonyl (C=O) groups is 1. The van der Waals surface area contributed by atoms with Crippen molar-refractivity contribution in [2.75, 3.05) is 13.2 Å². The highest BCUT2D eigenvalue weighted by Gasteiger charge is 2.44. The summed E-state index contributed by atoms with van der Waals surface area (Å²) in [6.07, 6.45) is 9.37. The van der Waals surface area contributed by atoms with Gasteiger partial charge in [0, 0.05) is 18.9 Å². The Morgan fingerprint density at radius 3 is 2.09 bits per heavy atom. The topological polar surface area (TPSA) is 65.0 Å². The summed E-state index contributed by atoms with van der Waals surface area (Å²) in [7, 11) is -1.80. The van der Waals surface area contributed by atoms with Gasteiger partial charge in [-0.25, -0.2) is 0 Å². The zero-order valence-corrected chi connectivity index (χ0v) is 25.4. The molecule has 0 aromatic heterocycles. The van der Waals surface area contributed by atoms with Crippen LogP contribution in [0.3, 0.4) is 0 Å². The summed E-state index contributed by atoms with van der Waals surface area (Å²) < 4.78 is 18.4. The Morgan fingerprint density at radius 2 is 1.54 bits per heavy atom. The molecule has 0 radical (unpaired) electrons. The van der Waals surface area contributed by atoms with E-state index in [9.17, 15) is 9.90 Å². The lowest BCUT2D eigenvalue weighted by Gasteiger charge is -2.42. The minimum Gasteiger partial charge on any atom is -0.465 e. The lowest BCUT2D eigenvalue weighted by Crippen LogP contribution is -2.48. The van der Waals surface area contributed by atoms with Crippen LogP contribution < -0.4 is 0 Å². The Labute approximate surface area is 217 Å². The van der Waals surface area contributed by atoms with Gasteiger partial charge in [0.1, 0.15) is 0 Å². The minimum atomic E-state index is -1.80. The number of aliphatic hydroxyl groups is 1. The van der Waals surface area contributed by atoms with E-state index in [0.29, 0.717) is 35.4 Å². The average molecular weight is 513 g/mol. The second-order valence-corrected chi connectivity index (χ2v) is 18.0. The van der Waals surface area contributed by atoms with Crippen molar-refractivity contribution in [1.29, 1.82) is 0 Å². The Morgan fingerprint density at radius 1 is 0.943 bits per heavy atom. The van der Waals surface area contributed by atoms with Gasteiger partial charge in [-0.15, -0.1) is 0 Å². The molecule has 4 atom stereocenters. The van der Waals surface area contributed by atoms with Gasteiger partial charge < -0.3 is 19.0 Å². The van der Waals surface area contributed by atoms with Crippen molar-refractivity contribution in [3.05, 3.63) is 12.2 Å². The number of ether oxygens (including phenoxy) is 2. The molecular formula is C29H56O5Si. The maximum Gasteiger partial charge on any atom is 0.311 e. The van der Waals surface area contributed by atoms with Crippen molar-refractivity contribution in [3.8, 4) is 0 Å². The van der Waals surface area contributed by atoms with Crippen molar-refractivity contribution < 1.29 is 23.8 Å². The van der Waals surface area contributed by atoms with E-state index >= 15 is 0 Å². The van der Waals surface area contributed by atoms with Crippen LogP contribution >= 0.6 is 0 Å². The van der Waals surface area contributed by atoms with Gasteiger partial charge in [-0.05, 0) is 69.5 Å². The van der Waals surface area contributed by atoms with Crippen LogP contribution in [0.25, 0.3) is 0 Å². The fraction of sp³-hybridized carbons (Fsp3) is 0.897. The van der Waals surface area contributed by atoms with E-state index in [-0.39, 0.29) is 24.8 Å². The van der Waals surface area contributed by atoms with Crippen LogP contribution in [0.5, 0.6) is 0 Å². The van der Waals surface area contributed by atoms with E-state index in [1.165, 1.54) is 0 Å². The van der Waals surface area contributed by atoms with Crippen molar-refractivity contribution in [2.45, 2.75) is 143 Å². The van der Waals surface area contributed by atoms with Gasteiger partial charge in [0.15, 0.2) is 8.32 Å². The summed E-state index contributed by atoms with van der Waals surface area (Å²) in [5, 5.41) is 10.3. The molecule has 0 amide bonds. The second-order valence-electron chi connectivity index (χ2n) is 12.5. The number of rotatable bonds is 15. The molecular weight excluding hydrogens is 456 g/mol. The molecule has 0 aromatic carbocycles. The van der Waals surface area contributed by atoms with Gasteiger partial charge in [-0.2, -0.15) is 0 Å². The third kappa shape index (κ3) is 10.3. The van der Waals surface area contributed by atoms with Crippen LogP contribution in [-0.2, 0) is 18.7 Å². The highest BCUT2D eigenvalue weighted by Crippen LogP contribution is 2.42. The first-order valence-corrected chi connectivity index (χ1v) is 16.2. The predicted octanol–water partition coefficient (Wildman–Crippen LogP) is 7.43. The van der Waals surface area contributed by atoms with E-state index < -0.39 is 19.8 Å². The molecule has 35 heavy (non-hydrogen) atoms. The highest BCUT2D eigenvalue weighted by molar-refractivity contribution is 6.77. The fourth-order valence-corrected chi connectivity index (χ4v) is 11.0. The standard InChI is InChI=1S/C29H56O5Si/c1-21(2)35(22(3)4,23(5)6)33-19-12-15-27-24(7)16-17-26(34-27)14-11-13-25(30)18-20-32-28(31)29(8,9)10/h16-17,21-27,30H,11-15,18-20H2,1-10H3/t24-,25+,26+,27+/m0/s1. The smallest absolute Gasteiger partial charge is 0.311 e. The van der Waals surface area contributed by atoms with Crippen molar-refractivity contribution in [3.63, 3.8) is 0 Å². The van der Waals surface area contributed by atoms with E-state index in [1.54, 1.807) is 0 Å². The molecule has 1 heterocycles. The van der Waals surface area contributed by atoms with Crippen LogP contribution in [0.15, 0.2) is 12.2 Å². The molecule has 0 aliphatic carbocycles. The van der Waals surface area contributed by atoms with Gasteiger partial charge in [0.25, 0.3) is 0 Å². The minimum absolute atomic E-state index is 0.110. The Kier molecular flexibility index (Phi) is 13.8. The number of hydrogen-bond donors (Lipinski definition) is 1. The van der Waals surface area contributed by atoms with Crippen LogP contribution in [0, 0.1) is 11.3 Å². The number of hydrogen-bond acceptors (Lipinski definition) is 5. The molecule has 1 rings (SSSR count). The normalized spacial score (nSPS) is 22.3. The molecule has 1 N–H and O–H groups in total. The Hall–Kier alpha value is -0.693. The van der Waals surface area contributed by atoms with E-state index in [4.69, 9.17) is 13.9 Å². The second kappa shape index (κ2) is 14.9. The van der Waals surface area contributed by atoms with Gasteiger partial charge in [0.2, 0.25) is 0 Å². The van der Waals surface area contributed by atoms with Crippen LogP contribution in [-0.4, -0.2) is 50.9 Å². The summed E-state index contributed by atoms with van der Waals surface area (Å²) in [5.74, 6) is 0.193. The zero-order valence-electron chi connectivity index (χ0n) is 24.4. The Bertz CT molecular complexity index is 616. The summed E-state index contributed by atoms with van der Waals surface area (Å²) in [5.41, 5.74) is 1.33. The third-order valence-corrected chi connectivity index (χ3v) is 13.7. The number of carbonyl (C=O) groups excluding carboxylic acids is 1. The molecule has 6 heteroatoms. The first kappa shape index (κ1) is 32.3. The first-order valence-electron chi connectivity index (χ1n) is 14.0. The maximum absolute atomic E-state index is 11.8. The monoisotopic (exact) mass is 512 g/mol. The lowest BCUT2D eigenvalue weighted by atomic mass is 9.95. The van der Waals surface area contributed by atoms with E-state index in [2.05, 4.69) is 60.6 Å². The molecule has 1 aliphatic heterocycles. The molecule has 206 valence electrons. The Balaban J connectivity index is 2.39.